The number of allylic oxidation sites excluding steroid dienone is 4. The summed E-state index contributed by atoms with van der Waals surface area (Å²) in [6, 6.07) is 0.338. The number of rotatable bonds is 4. The summed E-state index contributed by atoms with van der Waals surface area (Å²) in [5, 5.41) is 8.26. The van der Waals surface area contributed by atoms with Gasteiger partial charge in [0.2, 0.25) is 0 Å². The highest BCUT2D eigenvalue weighted by Gasteiger charge is 2.37. The first-order valence-electron chi connectivity index (χ1n) is 9.57. The topological polar surface area (TPSA) is 96.9 Å². The van der Waals surface area contributed by atoms with Gasteiger partial charge in [-0.25, -0.2) is 18.6 Å². The minimum atomic E-state index is -4.74. The maximum absolute atomic E-state index is 15.1. The molecule has 0 bridgehead atoms. The molecule has 33 heavy (non-hydrogen) atoms. The largest absolute Gasteiger partial charge is 0.455 e. The summed E-state index contributed by atoms with van der Waals surface area (Å²) < 4.78 is 76.6. The molecule has 13 heteroatoms. The summed E-state index contributed by atoms with van der Waals surface area (Å²) in [6.07, 6.45) is -1.20. The number of nitrogens with zero attached hydrogens (tertiary/aromatic N) is 3. The zero-order chi connectivity index (χ0) is 23.9. The van der Waals surface area contributed by atoms with Crippen molar-refractivity contribution in [3.8, 4) is 5.75 Å². The van der Waals surface area contributed by atoms with Crippen molar-refractivity contribution >= 4 is 22.8 Å². The Morgan fingerprint density at radius 2 is 2.06 bits per heavy atom. The fourth-order valence-electron chi connectivity index (χ4n) is 3.34. The second-order valence-electron chi connectivity index (χ2n) is 7.32. The number of aromatic amines is 1. The van der Waals surface area contributed by atoms with Crippen LogP contribution in [-0.4, -0.2) is 32.0 Å². The van der Waals surface area contributed by atoms with E-state index in [1.54, 1.807) is 7.05 Å². The Balaban J connectivity index is 1.61. The molecular weight excluding hydrogens is 451 g/mol. The Bertz CT molecular complexity index is 1280. The van der Waals surface area contributed by atoms with Crippen LogP contribution in [0.4, 0.5) is 32.4 Å². The molecule has 0 saturated heterocycles. The van der Waals surface area contributed by atoms with E-state index in [0.29, 0.717) is 11.9 Å². The number of amides is 2. The monoisotopic (exact) mass is 468 g/mol. The van der Waals surface area contributed by atoms with Gasteiger partial charge in [0.1, 0.15) is 11.4 Å². The first-order chi connectivity index (χ1) is 15.5. The number of carbonyl (C=O) groups excluding carboxylic acids is 1. The molecule has 3 aromatic rings. The van der Waals surface area contributed by atoms with E-state index in [1.165, 1.54) is 24.0 Å². The molecule has 2 amide bonds. The number of ether oxygens (including phenoxy) is 1. The number of alkyl halides is 4. The molecule has 174 valence electrons. The number of nitrogens with one attached hydrogen (secondary N) is 3. The Labute approximate surface area is 183 Å². The molecule has 3 heterocycles. The number of anilines is 1. The highest BCUT2D eigenvalue weighted by molar-refractivity contribution is 5.90. The van der Waals surface area contributed by atoms with E-state index in [-0.39, 0.29) is 11.3 Å². The molecule has 3 N–H and O–H groups in total. The Morgan fingerprint density at radius 3 is 2.73 bits per heavy atom. The van der Waals surface area contributed by atoms with Crippen molar-refractivity contribution in [1.29, 1.82) is 0 Å². The quantitative estimate of drug-likeness (QED) is 0.489. The lowest BCUT2D eigenvalue weighted by Gasteiger charge is -2.27. The highest BCUT2D eigenvalue weighted by Crippen LogP contribution is 2.40. The minimum Gasteiger partial charge on any atom is -0.455 e. The lowest BCUT2D eigenvalue weighted by molar-refractivity contribution is -0.136. The van der Waals surface area contributed by atoms with Crippen molar-refractivity contribution in [3.63, 3.8) is 0 Å². The molecular formula is C20H17F5N6O2. The maximum Gasteiger partial charge on any atom is 0.418 e. The molecule has 2 unspecified atom stereocenters. The predicted molar refractivity (Wildman–Crippen MR) is 107 cm³/mol. The molecule has 1 aliphatic carbocycles. The third-order valence-electron chi connectivity index (χ3n) is 4.98. The third kappa shape index (κ3) is 4.38. The van der Waals surface area contributed by atoms with Crippen LogP contribution >= 0.6 is 0 Å². The van der Waals surface area contributed by atoms with Gasteiger partial charge in [-0.15, -0.1) is 0 Å². The second-order valence-corrected chi connectivity index (χ2v) is 7.32. The number of carbonyl (C=O) groups is 1. The maximum atomic E-state index is 15.1. The standard InChI is InChI=1S/C20H17F5N6O2/c1-9-13(30-19(32)29-10-6-28-31(2)8-10)5-12(21)17(16(9)22)33-14-3-4-26-18-15(14)11(7-27-18)20(23,24)25/h3-9,16H,1-2H3,(H,26,27)(H2,29,30,32). The SMILES string of the molecule is CC1C(NC(=O)Nc2cnn(C)c2)=CC(F)=C(Oc2ccnc3[nH]cc(C(F)(F)F)c23)C1F. The number of H-pyrrole nitrogens is 1. The van der Waals surface area contributed by atoms with Crippen molar-refractivity contribution in [2.24, 2.45) is 13.0 Å². The van der Waals surface area contributed by atoms with Crippen molar-refractivity contribution in [3.05, 3.63) is 59.8 Å². The summed E-state index contributed by atoms with van der Waals surface area (Å²) in [4.78, 5) is 18.3. The number of hydrogen-bond donors (Lipinski definition) is 3. The summed E-state index contributed by atoms with van der Waals surface area (Å²) in [7, 11) is 1.64. The third-order valence-corrected chi connectivity index (χ3v) is 4.98. The smallest absolute Gasteiger partial charge is 0.418 e. The van der Waals surface area contributed by atoms with Crippen LogP contribution in [0.3, 0.4) is 0 Å². The molecule has 3 aromatic heterocycles. The van der Waals surface area contributed by atoms with Gasteiger partial charge in [-0.3, -0.25) is 4.68 Å². The lowest BCUT2D eigenvalue weighted by Crippen LogP contribution is -2.36. The summed E-state index contributed by atoms with van der Waals surface area (Å²) in [6.45, 7) is 1.37. The Hall–Kier alpha value is -3.90. The van der Waals surface area contributed by atoms with Crippen LogP contribution in [0.5, 0.6) is 5.75 Å². The normalized spacial score (nSPS) is 18.9. The average molecular weight is 468 g/mol. The van der Waals surface area contributed by atoms with Crippen LogP contribution < -0.4 is 15.4 Å². The van der Waals surface area contributed by atoms with Crippen LogP contribution in [0.2, 0.25) is 0 Å². The van der Waals surface area contributed by atoms with Gasteiger partial charge in [0.15, 0.2) is 17.8 Å². The van der Waals surface area contributed by atoms with Gasteiger partial charge < -0.3 is 20.4 Å². The Morgan fingerprint density at radius 1 is 1.30 bits per heavy atom. The van der Waals surface area contributed by atoms with Gasteiger partial charge in [0.25, 0.3) is 0 Å². The Kier molecular flexibility index (Phi) is 5.56. The zero-order valence-electron chi connectivity index (χ0n) is 17.2. The van der Waals surface area contributed by atoms with Crippen LogP contribution in [0, 0.1) is 5.92 Å². The lowest BCUT2D eigenvalue weighted by atomic mass is 9.94. The van der Waals surface area contributed by atoms with Gasteiger partial charge in [-0.1, -0.05) is 6.92 Å². The second kappa shape index (κ2) is 8.22. The van der Waals surface area contributed by atoms with Gasteiger partial charge in [0, 0.05) is 37.3 Å². The molecule has 1 aliphatic rings. The number of aromatic nitrogens is 4. The van der Waals surface area contributed by atoms with E-state index in [4.69, 9.17) is 4.74 Å². The zero-order valence-corrected chi connectivity index (χ0v) is 17.2. The van der Waals surface area contributed by atoms with Crippen LogP contribution in [0.25, 0.3) is 11.0 Å². The van der Waals surface area contributed by atoms with Crippen LogP contribution in [0.1, 0.15) is 12.5 Å². The summed E-state index contributed by atoms with van der Waals surface area (Å²) in [5.74, 6) is -3.45. The molecule has 2 atom stereocenters. The molecule has 0 saturated carbocycles. The van der Waals surface area contributed by atoms with Crippen molar-refractivity contribution in [1.82, 2.24) is 25.1 Å². The van der Waals surface area contributed by atoms with Gasteiger partial charge in [-0.05, 0) is 12.1 Å². The molecule has 4 rings (SSSR count). The molecule has 0 fully saturated rings. The van der Waals surface area contributed by atoms with E-state index in [1.807, 2.05) is 0 Å². The number of fused-ring (bicyclic) bond motifs is 1. The molecule has 0 aromatic carbocycles. The van der Waals surface area contributed by atoms with Crippen molar-refractivity contribution < 1.29 is 31.5 Å². The first kappa shape index (κ1) is 22.3. The highest BCUT2D eigenvalue weighted by atomic mass is 19.4. The van der Waals surface area contributed by atoms with Crippen molar-refractivity contribution in [2.45, 2.75) is 19.3 Å². The van der Waals surface area contributed by atoms with E-state index in [0.717, 1.165) is 18.3 Å². The van der Waals surface area contributed by atoms with Crippen LogP contribution in [0.15, 0.2) is 54.2 Å². The molecule has 0 radical (unpaired) electrons. The van der Waals surface area contributed by atoms with E-state index >= 15 is 4.39 Å². The summed E-state index contributed by atoms with van der Waals surface area (Å²) >= 11 is 0. The minimum absolute atomic E-state index is 0.0776. The van der Waals surface area contributed by atoms with Gasteiger partial charge in [-0.2, -0.15) is 18.3 Å². The molecule has 8 nitrogen and oxygen atoms in total. The number of pyridine rings is 1. The van der Waals surface area contributed by atoms with Crippen molar-refractivity contribution in [2.75, 3.05) is 5.32 Å². The molecule has 0 aliphatic heterocycles. The van der Waals surface area contributed by atoms with E-state index in [9.17, 15) is 22.4 Å². The summed E-state index contributed by atoms with van der Waals surface area (Å²) in [5.41, 5.74) is -0.938. The van der Waals surface area contributed by atoms with Gasteiger partial charge >= 0.3 is 12.2 Å². The number of hydrogen-bond acceptors (Lipinski definition) is 4. The fraction of sp³-hybridized carbons (Fsp3) is 0.250. The average Bonchev–Trinajstić information content (AvgIpc) is 3.35. The number of aryl methyl sites for hydroxylation is 1. The fourth-order valence-corrected chi connectivity index (χ4v) is 3.34. The predicted octanol–water partition coefficient (Wildman–Crippen LogP) is 4.57. The molecule has 0 spiro atoms. The number of urea groups is 1. The number of halogens is 5. The van der Waals surface area contributed by atoms with E-state index < -0.39 is 52.6 Å². The van der Waals surface area contributed by atoms with Crippen LogP contribution in [-0.2, 0) is 13.2 Å². The van der Waals surface area contributed by atoms with E-state index in [2.05, 4.69) is 25.7 Å². The van der Waals surface area contributed by atoms with Gasteiger partial charge in [0.05, 0.1) is 22.8 Å². The first-order valence-corrected chi connectivity index (χ1v) is 9.57.